The minimum Gasteiger partial charge on any atom is -0.462 e. The van der Waals surface area contributed by atoms with E-state index in [1.54, 1.807) is 19.1 Å². The molecule has 1 aliphatic rings. The molecule has 162 valence electrons. The Kier molecular flexibility index (Phi) is 4.64. The monoisotopic (exact) mass is 429 g/mol. The first-order valence-corrected chi connectivity index (χ1v) is 10.4. The fourth-order valence-corrected chi connectivity index (χ4v) is 4.56. The lowest BCUT2D eigenvalue weighted by molar-refractivity contribution is -0.116. The smallest absolute Gasteiger partial charge is 0.338 e. The zero-order valence-corrected chi connectivity index (χ0v) is 18.0. The van der Waals surface area contributed by atoms with Crippen LogP contribution in [0, 0.1) is 0 Å². The number of nitrogens with zero attached hydrogens (tertiary/aromatic N) is 2. The number of para-hydroxylation sites is 1. The molecule has 7 heteroatoms. The summed E-state index contributed by atoms with van der Waals surface area (Å²) in [5.41, 5.74) is 4.76. The molecule has 0 spiro atoms. The summed E-state index contributed by atoms with van der Waals surface area (Å²) >= 11 is 0. The molecule has 32 heavy (non-hydrogen) atoms. The van der Waals surface area contributed by atoms with Gasteiger partial charge in [-0.25, -0.2) is 4.79 Å². The van der Waals surface area contributed by atoms with E-state index in [2.05, 4.69) is 5.32 Å². The number of ether oxygens (including phenoxy) is 1. The Morgan fingerprint density at radius 3 is 2.50 bits per heavy atom. The summed E-state index contributed by atoms with van der Waals surface area (Å²) in [7, 11) is 3.81. The quantitative estimate of drug-likeness (QED) is 0.488. The number of aryl methyl sites for hydroxylation is 2. The molecule has 0 bridgehead atoms. The highest BCUT2D eigenvalue weighted by Crippen LogP contribution is 2.40. The molecule has 0 saturated heterocycles. The van der Waals surface area contributed by atoms with E-state index >= 15 is 0 Å². The van der Waals surface area contributed by atoms with Crippen LogP contribution in [0.1, 0.15) is 28.4 Å². The summed E-state index contributed by atoms with van der Waals surface area (Å²) in [5.74, 6) is -0.699. The van der Waals surface area contributed by atoms with Crippen molar-refractivity contribution in [3.63, 3.8) is 0 Å². The molecule has 0 fully saturated rings. The van der Waals surface area contributed by atoms with Crippen LogP contribution in [0.4, 0.5) is 0 Å². The Morgan fingerprint density at radius 1 is 1.03 bits per heavy atom. The normalized spacial score (nSPS) is 16.2. The van der Waals surface area contributed by atoms with Crippen molar-refractivity contribution < 1.29 is 19.4 Å². The van der Waals surface area contributed by atoms with Gasteiger partial charge in [-0.2, -0.15) is 0 Å². The van der Waals surface area contributed by atoms with Crippen LogP contribution in [0.2, 0.25) is 0 Å². The number of carbonyl (C=O) groups is 2. The lowest BCUT2D eigenvalue weighted by atomic mass is 9.95. The third kappa shape index (κ3) is 2.93. The van der Waals surface area contributed by atoms with Crippen LogP contribution in [-0.2, 0) is 23.6 Å². The van der Waals surface area contributed by atoms with Gasteiger partial charge in [-0.1, -0.05) is 24.3 Å². The number of aliphatic hydroxyl groups excluding tert-OH is 1. The van der Waals surface area contributed by atoms with E-state index < -0.39 is 6.23 Å². The Bertz CT molecular complexity index is 1440. The molecule has 1 unspecified atom stereocenters. The van der Waals surface area contributed by atoms with E-state index in [0.717, 1.165) is 32.9 Å². The van der Waals surface area contributed by atoms with Gasteiger partial charge in [-0.05, 0) is 25.1 Å². The number of amides is 1. The van der Waals surface area contributed by atoms with Gasteiger partial charge < -0.3 is 24.3 Å². The maximum absolute atomic E-state index is 13.0. The zero-order valence-electron chi connectivity index (χ0n) is 18.0. The molecule has 1 aliphatic heterocycles. The minimum absolute atomic E-state index is 0.302. The van der Waals surface area contributed by atoms with Gasteiger partial charge in [0.15, 0.2) is 6.23 Å². The van der Waals surface area contributed by atoms with E-state index in [1.165, 1.54) is 0 Å². The number of benzene rings is 2. The van der Waals surface area contributed by atoms with Crippen LogP contribution < -0.4 is 5.32 Å². The Hall–Kier alpha value is -3.84. The molecule has 1 atom stereocenters. The first-order valence-electron chi connectivity index (χ1n) is 10.4. The number of esters is 1. The molecule has 3 heterocycles. The van der Waals surface area contributed by atoms with Crippen molar-refractivity contribution in [3.05, 3.63) is 71.5 Å². The highest BCUT2D eigenvalue weighted by Gasteiger charge is 2.35. The first-order chi connectivity index (χ1) is 15.4. The predicted molar refractivity (Wildman–Crippen MR) is 123 cm³/mol. The molecule has 2 N–H and O–H groups in total. The van der Waals surface area contributed by atoms with E-state index in [1.807, 2.05) is 66.0 Å². The lowest BCUT2D eigenvalue weighted by Gasteiger charge is -2.09. The summed E-state index contributed by atoms with van der Waals surface area (Å²) in [6, 6.07) is 13.2. The molecular weight excluding hydrogens is 406 g/mol. The summed E-state index contributed by atoms with van der Waals surface area (Å²) in [6.45, 7) is 2.07. The van der Waals surface area contributed by atoms with Crippen molar-refractivity contribution >= 4 is 44.8 Å². The summed E-state index contributed by atoms with van der Waals surface area (Å²) in [5, 5.41) is 15.3. The highest BCUT2D eigenvalue weighted by atomic mass is 16.5. The van der Waals surface area contributed by atoms with Crippen LogP contribution in [0.15, 0.2) is 54.9 Å². The van der Waals surface area contributed by atoms with Crippen molar-refractivity contribution in [2.75, 3.05) is 6.61 Å². The molecule has 2 aromatic carbocycles. The molecule has 0 radical (unpaired) electrons. The maximum Gasteiger partial charge on any atom is 0.338 e. The average molecular weight is 429 g/mol. The van der Waals surface area contributed by atoms with Gasteiger partial charge in [0.1, 0.15) is 0 Å². The second-order valence-corrected chi connectivity index (χ2v) is 7.94. The van der Waals surface area contributed by atoms with Gasteiger partial charge in [0.05, 0.1) is 17.7 Å². The third-order valence-electron chi connectivity index (χ3n) is 6.00. The molecule has 1 amide bonds. The number of aliphatic hydroxyl groups is 1. The topological polar surface area (TPSA) is 85.5 Å². The van der Waals surface area contributed by atoms with Crippen LogP contribution in [0.25, 0.3) is 33.0 Å². The number of rotatable bonds is 4. The largest absolute Gasteiger partial charge is 0.462 e. The van der Waals surface area contributed by atoms with Crippen molar-refractivity contribution in [1.29, 1.82) is 0 Å². The molecule has 4 aromatic rings. The van der Waals surface area contributed by atoms with Crippen molar-refractivity contribution in [1.82, 2.24) is 14.5 Å². The van der Waals surface area contributed by atoms with Gasteiger partial charge in [0.25, 0.3) is 5.91 Å². The van der Waals surface area contributed by atoms with Crippen molar-refractivity contribution in [2.24, 2.45) is 14.1 Å². The highest BCUT2D eigenvalue weighted by molar-refractivity contribution is 6.33. The van der Waals surface area contributed by atoms with Gasteiger partial charge in [0, 0.05) is 65.0 Å². The minimum atomic E-state index is -1.13. The first kappa shape index (κ1) is 20.1. The van der Waals surface area contributed by atoms with Gasteiger partial charge >= 0.3 is 5.97 Å². The second kappa shape index (κ2) is 7.39. The van der Waals surface area contributed by atoms with Gasteiger partial charge in [-0.3, -0.25) is 4.79 Å². The van der Waals surface area contributed by atoms with E-state index in [9.17, 15) is 14.7 Å². The fourth-order valence-electron chi connectivity index (χ4n) is 4.56. The Labute approximate surface area is 184 Å². The van der Waals surface area contributed by atoms with Gasteiger partial charge in [0.2, 0.25) is 0 Å². The summed E-state index contributed by atoms with van der Waals surface area (Å²) < 4.78 is 8.98. The molecule has 7 nitrogen and oxygen atoms in total. The van der Waals surface area contributed by atoms with Crippen LogP contribution in [-0.4, -0.2) is 39.0 Å². The predicted octanol–water partition coefficient (Wildman–Crippen LogP) is 3.21. The second-order valence-electron chi connectivity index (χ2n) is 7.94. The van der Waals surface area contributed by atoms with E-state index in [-0.39, 0.29) is 11.9 Å². The van der Waals surface area contributed by atoms with Crippen LogP contribution in [0.3, 0.4) is 0 Å². The van der Waals surface area contributed by atoms with E-state index in [4.69, 9.17) is 4.74 Å². The maximum atomic E-state index is 13.0. The number of hydrogen-bond donors (Lipinski definition) is 2. The zero-order chi connectivity index (χ0) is 22.6. The Balaban J connectivity index is 1.75. The molecule has 0 saturated carbocycles. The molecule has 2 aromatic heterocycles. The summed E-state index contributed by atoms with van der Waals surface area (Å²) in [4.78, 5) is 25.2. The molecule has 5 rings (SSSR count). The number of hydrogen-bond acceptors (Lipinski definition) is 4. The number of fused-ring (bicyclic) bond motifs is 2. The SMILES string of the molecule is CCOC(=O)c1ccc2c(C3=C(c4cn(C)c5ccccc45)C(=O)NC3O)cn(C)c2c1. The number of carbonyl (C=O) groups excluding carboxylic acids is 2. The van der Waals surface area contributed by atoms with Crippen molar-refractivity contribution in [3.8, 4) is 0 Å². The standard InChI is InChI=1S/C25H23N3O4/c1-4-32-25(31)14-9-10-16-18(13-28(3)20(16)11-14)22-21(23(29)26-24(22)30)17-12-27(2)19-8-6-5-7-15(17)19/h5-13,24,30H,4H2,1-3H3,(H,26,29). The third-order valence-corrected chi connectivity index (χ3v) is 6.00. The van der Waals surface area contributed by atoms with Crippen molar-refractivity contribution in [2.45, 2.75) is 13.2 Å². The number of aromatic nitrogens is 2. The van der Waals surface area contributed by atoms with Crippen LogP contribution in [0.5, 0.6) is 0 Å². The molecule has 0 aliphatic carbocycles. The average Bonchev–Trinajstić information content (AvgIpc) is 3.38. The lowest BCUT2D eigenvalue weighted by Crippen LogP contribution is -2.27. The molecular formula is C25H23N3O4. The Morgan fingerprint density at radius 2 is 1.72 bits per heavy atom. The van der Waals surface area contributed by atoms with Gasteiger partial charge in [-0.15, -0.1) is 0 Å². The number of nitrogens with one attached hydrogen (secondary N) is 1. The van der Waals surface area contributed by atoms with E-state index in [0.29, 0.717) is 23.3 Å². The summed E-state index contributed by atoms with van der Waals surface area (Å²) in [6.07, 6.45) is 2.66. The fraction of sp³-hybridized carbons (Fsp3) is 0.200. The van der Waals surface area contributed by atoms with Crippen LogP contribution >= 0.6 is 0 Å².